The molecule has 0 saturated carbocycles. The van der Waals surface area contributed by atoms with Gasteiger partial charge in [0.25, 0.3) is 0 Å². The number of ether oxygens (including phenoxy) is 2. The van der Waals surface area contributed by atoms with Crippen LogP contribution in [0.2, 0.25) is 0 Å². The molecule has 2 aromatic rings. The van der Waals surface area contributed by atoms with Crippen molar-refractivity contribution in [2.75, 3.05) is 12.4 Å². The molecular weight excluding hydrogens is 270 g/mol. The van der Waals surface area contributed by atoms with E-state index in [4.69, 9.17) is 14.0 Å². The molecule has 0 amide bonds. The third-order valence-corrected chi connectivity index (χ3v) is 2.81. The molecular formula is C15H21N3O3. The molecule has 0 radical (unpaired) electrons. The van der Waals surface area contributed by atoms with E-state index in [1.165, 1.54) is 0 Å². The fourth-order valence-corrected chi connectivity index (χ4v) is 1.81. The van der Waals surface area contributed by atoms with Crippen molar-refractivity contribution in [3.63, 3.8) is 0 Å². The number of anilines is 1. The summed E-state index contributed by atoms with van der Waals surface area (Å²) in [5.74, 6) is 2.77. The summed E-state index contributed by atoms with van der Waals surface area (Å²) in [4.78, 5) is 4.26. The number of hydrogen-bond donors (Lipinski definition) is 1. The maximum atomic E-state index is 5.77. The maximum Gasteiger partial charge on any atom is 0.245 e. The molecule has 1 heterocycles. The van der Waals surface area contributed by atoms with Gasteiger partial charge in [0.1, 0.15) is 11.5 Å². The Kier molecular flexibility index (Phi) is 5.03. The van der Waals surface area contributed by atoms with Gasteiger partial charge in [-0.25, -0.2) is 0 Å². The number of aromatic nitrogens is 2. The predicted octanol–water partition coefficient (Wildman–Crippen LogP) is 3.04. The molecule has 1 N–H and O–H groups in total. The number of nitrogens with zero attached hydrogens (tertiary/aromatic N) is 2. The summed E-state index contributed by atoms with van der Waals surface area (Å²) in [5.41, 5.74) is 0.833. The van der Waals surface area contributed by atoms with Crippen LogP contribution in [0.15, 0.2) is 22.7 Å². The van der Waals surface area contributed by atoms with Crippen LogP contribution >= 0.6 is 0 Å². The molecule has 0 aliphatic rings. The lowest BCUT2D eigenvalue weighted by Crippen LogP contribution is -2.09. The molecule has 1 aromatic heterocycles. The number of hydrogen-bond acceptors (Lipinski definition) is 6. The second kappa shape index (κ2) is 6.97. The van der Waals surface area contributed by atoms with Gasteiger partial charge in [0.05, 0.1) is 25.4 Å². The minimum atomic E-state index is 0.0917. The van der Waals surface area contributed by atoms with Crippen LogP contribution in [0.1, 0.15) is 32.5 Å². The van der Waals surface area contributed by atoms with Crippen molar-refractivity contribution >= 4 is 5.69 Å². The zero-order valence-electron chi connectivity index (χ0n) is 12.8. The average Bonchev–Trinajstić information content (AvgIpc) is 2.93. The van der Waals surface area contributed by atoms with Crippen LogP contribution < -0.4 is 14.8 Å². The lowest BCUT2D eigenvalue weighted by molar-refractivity contribution is 0.243. The number of benzene rings is 1. The van der Waals surface area contributed by atoms with Gasteiger partial charge in [0, 0.05) is 12.5 Å². The van der Waals surface area contributed by atoms with E-state index in [1.54, 1.807) is 7.11 Å². The zero-order valence-corrected chi connectivity index (χ0v) is 12.8. The molecule has 0 aliphatic carbocycles. The fraction of sp³-hybridized carbons (Fsp3) is 0.467. The summed E-state index contributed by atoms with van der Waals surface area (Å²) in [7, 11) is 1.63. The van der Waals surface area contributed by atoms with Gasteiger partial charge in [-0.1, -0.05) is 12.1 Å². The van der Waals surface area contributed by atoms with Crippen molar-refractivity contribution in [3.8, 4) is 11.5 Å². The van der Waals surface area contributed by atoms with E-state index < -0.39 is 0 Å². The van der Waals surface area contributed by atoms with Gasteiger partial charge in [-0.2, -0.15) is 4.98 Å². The van der Waals surface area contributed by atoms with Crippen LogP contribution in [-0.2, 0) is 13.0 Å². The normalized spacial score (nSPS) is 10.7. The fourth-order valence-electron chi connectivity index (χ4n) is 1.81. The zero-order chi connectivity index (χ0) is 15.2. The monoisotopic (exact) mass is 291 g/mol. The molecule has 0 unspecified atom stereocenters. The number of aryl methyl sites for hydroxylation is 1. The molecule has 0 aliphatic heterocycles. The topological polar surface area (TPSA) is 69.4 Å². The van der Waals surface area contributed by atoms with E-state index in [0.29, 0.717) is 18.3 Å². The SMILES string of the molecule is CCc1noc(CNc2cc(OC)ccc2OC(C)C)n1. The molecule has 0 atom stereocenters. The van der Waals surface area contributed by atoms with Crippen LogP contribution in [0.4, 0.5) is 5.69 Å². The van der Waals surface area contributed by atoms with E-state index in [2.05, 4.69) is 15.5 Å². The molecule has 2 rings (SSSR count). The third-order valence-electron chi connectivity index (χ3n) is 2.81. The van der Waals surface area contributed by atoms with Crippen LogP contribution in [0, 0.1) is 0 Å². The first-order chi connectivity index (χ1) is 10.1. The second-order valence-electron chi connectivity index (χ2n) is 4.84. The van der Waals surface area contributed by atoms with Gasteiger partial charge in [0.2, 0.25) is 5.89 Å². The summed E-state index contributed by atoms with van der Waals surface area (Å²) in [6, 6.07) is 5.63. The second-order valence-corrected chi connectivity index (χ2v) is 4.84. The largest absolute Gasteiger partial charge is 0.497 e. The molecule has 6 heteroatoms. The quantitative estimate of drug-likeness (QED) is 0.845. The van der Waals surface area contributed by atoms with E-state index >= 15 is 0 Å². The summed E-state index contributed by atoms with van der Waals surface area (Å²) < 4.78 is 16.2. The Labute approximate surface area is 124 Å². The number of rotatable bonds is 7. The van der Waals surface area contributed by atoms with Gasteiger partial charge in [-0.05, 0) is 26.0 Å². The van der Waals surface area contributed by atoms with Gasteiger partial charge < -0.3 is 19.3 Å². The molecule has 0 fully saturated rings. The standard InChI is InChI=1S/C15H21N3O3/c1-5-14-17-15(21-18-14)9-16-12-8-11(19-4)6-7-13(12)20-10(2)3/h6-8,10,16H,5,9H2,1-4H3. The van der Waals surface area contributed by atoms with E-state index in [9.17, 15) is 0 Å². The van der Waals surface area contributed by atoms with Crippen LogP contribution in [0.25, 0.3) is 0 Å². The van der Waals surface area contributed by atoms with Crippen molar-refractivity contribution < 1.29 is 14.0 Å². The number of methoxy groups -OCH3 is 1. The first-order valence-electron chi connectivity index (χ1n) is 7.02. The lowest BCUT2D eigenvalue weighted by atomic mass is 10.2. The van der Waals surface area contributed by atoms with Crippen molar-refractivity contribution in [2.45, 2.75) is 39.8 Å². The Morgan fingerprint density at radius 1 is 1.33 bits per heavy atom. The first-order valence-corrected chi connectivity index (χ1v) is 7.02. The maximum absolute atomic E-state index is 5.77. The summed E-state index contributed by atoms with van der Waals surface area (Å²) in [6.45, 7) is 6.40. The molecule has 1 aromatic carbocycles. The summed E-state index contributed by atoms with van der Waals surface area (Å²) in [5, 5.41) is 7.12. The molecule has 21 heavy (non-hydrogen) atoms. The van der Waals surface area contributed by atoms with E-state index in [-0.39, 0.29) is 6.10 Å². The Morgan fingerprint density at radius 3 is 2.76 bits per heavy atom. The summed E-state index contributed by atoms with van der Waals surface area (Å²) >= 11 is 0. The highest BCUT2D eigenvalue weighted by atomic mass is 16.5. The lowest BCUT2D eigenvalue weighted by Gasteiger charge is -2.15. The van der Waals surface area contributed by atoms with Crippen molar-refractivity contribution in [1.82, 2.24) is 10.1 Å². The highest BCUT2D eigenvalue weighted by Gasteiger charge is 2.10. The van der Waals surface area contributed by atoms with Crippen LogP contribution in [-0.4, -0.2) is 23.4 Å². The Balaban J connectivity index is 2.12. The molecule has 0 bridgehead atoms. The smallest absolute Gasteiger partial charge is 0.245 e. The molecule has 0 saturated heterocycles. The van der Waals surface area contributed by atoms with E-state index in [1.807, 2.05) is 39.0 Å². The molecule has 0 spiro atoms. The Bertz CT molecular complexity index is 581. The first kappa shape index (κ1) is 15.2. The highest BCUT2D eigenvalue weighted by molar-refractivity contribution is 5.59. The predicted molar refractivity (Wildman–Crippen MR) is 79.8 cm³/mol. The third kappa shape index (κ3) is 4.11. The highest BCUT2D eigenvalue weighted by Crippen LogP contribution is 2.30. The van der Waals surface area contributed by atoms with Crippen molar-refractivity contribution in [2.24, 2.45) is 0 Å². The van der Waals surface area contributed by atoms with Gasteiger partial charge >= 0.3 is 0 Å². The summed E-state index contributed by atoms with van der Waals surface area (Å²) in [6.07, 6.45) is 0.846. The molecule has 6 nitrogen and oxygen atoms in total. The minimum Gasteiger partial charge on any atom is -0.497 e. The minimum absolute atomic E-state index is 0.0917. The number of nitrogens with one attached hydrogen (secondary N) is 1. The Hall–Kier alpha value is -2.24. The van der Waals surface area contributed by atoms with Crippen molar-refractivity contribution in [1.29, 1.82) is 0 Å². The van der Waals surface area contributed by atoms with Crippen molar-refractivity contribution in [3.05, 3.63) is 29.9 Å². The van der Waals surface area contributed by atoms with Crippen LogP contribution in [0.5, 0.6) is 11.5 Å². The van der Waals surface area contributed by atoms with Gasteiger partial charge in [0.15, 0.2) is 5.82 Å². The Morgan fingerprint density at radius 2 is 2.14 bits per heavy atom. The molecule has 114 valence electrons. The average molecular weight is 291 g/mol. The van der Waals surface area contributed by atoms with Gasteiger partial charge in [-0.15, -0.1) is 0 Å². The van der Waals surface area contributed by atoms with E-state index in [0.717, 1.165) is 23.6 Å². The van der Waals surface area contributed by atoms with Gasteiger partial charge in [-0.3, -0.25) is 0 Å². The van der Waals surface area contributed by atoms with Crippen LogP contribution in [0.3, 0.4) is 0 Å².